The summed E-state index contributed by atoms with van der Waals surface area (Å²) in [6.07, 6.45) is 5.63. The lowest BCUT2D eigenvalue weighted by molar-refractivity contribution is -0.126. The standard InChI is InChI=1S/C13H14N4O2/c1-2-13(18)16-7-4-12-10(8-16)11(15-19-12)9-17-6-3-5-14-17/h2-3,5-6H,1,4,7-9H2. The van der Waals surface area contributed by atoms with Gasteiger partial charge < -0.3 is 9.42 Å². The Labute approximate surface area is 110 Å². The van der Waals surface area contributed by atoms with Gasteiger partial charge in [-0.15, -0.1) is 0 Å². The fraction of sp³-hybridized carbons (Fsp3) is 0.308. The summed E-state index contributed by atoms with van der Waals surface area (Å²) >= 11 is 0. The summed E-state index contributed by atoms with van der Waals surface area (Å²) < 4.78 is 7.13. The first kappa shape index (κ1) is 11.7. The Hall–Kier alpha value is -2.37. The molecular formula is C13H14N4O2. The fourth-order valence-corrected chi connectivity index (χ4v) is 2.25. The van der Waals surface area contributed by atoms with Crippen molar-refractivity contribution >= 4 is 5.91 Å². The Balaban J connectivity index is 1.84. The molecule has 0 fully saturated rings. The second kappa shape index (κ2) is 4.72. The minimum Gasteiger partial charge on any atom is -0.361 e. The van der Waals surface area contributed by atoms with Crippen LogP contribution in [0.15, 0.2) is 35.6 Å². The molecule has 0 N–H and O–H groups in total. The van der Waals surface area contributed by atoms with Crippen molar-refractivity contribution in [3.63, 3.8) is 0 Å². The van der Waals surface area contributed by atoms with Gasteiger partial charge in [0.25, 0.3) is 0 Å². The minimum absolute atomic E-state index is 0.0584. The molecule has 98 valence electrons. The van der Waals surface area contributed by atoms with Crippen LogP contribution in [0.5, 0.6) is 0 Å². The summed E-state index contributed by atoms with van der Waals surface area (Å²) in [7, 11) is 0. The predicted octanol–water partition coefficient (Wildman–Crippen LogP) is 0.990. The molecule has 2 aromatic heterocycles. The lowest BCUT2D eigenvalue weighted by Gasteiger charge is -2.24. The predicted molar refractivity (Wildman–Crippen MR) is 67.2 cm³/mol. The van der Waals surface area contributed by atoms with Crippen LogP contribution in [0.4, 0.5) is 0 Å². The highest BCUT2D eigenvalue weighted by molar-refractivity contribution is 5.87. The maximum Gasteiger partial charge on any atom is 0.246 e. The average Bonchev–Trinajstić information content (AvgIpc) is 3.08. The molecule has 2 aromatic rings. The Kier molecular flexibility index (Phi) is 2.91. The number of aromatic nitrogens is 3. The maximum absolute atomic E-state index is 11.7. The molecule has 0 aliphatic carbocycles. The van der Waals surface area contributed by atoms with E-state index in [0.717, 1.165) is 17.0 Å². The smallest absolute Gasteiger partial charge is 0.246 e. The van der Waals surface area contributed by atoms with Crippen LogP contribution in [0, 0.1) is 0 Å². The average molecular weight is 258 g/mol. The van der Waals surface area contributed by atoms with Crippen LogP contribution in [0.25, 0.3) is 0 Å². The third kappa shape index (κ3) is 2.16. The SMILES string of the molecule is C=CC(=O)N1CCc2onc(Cn3cccn3)c2C1. The van der Waals surface area contributed by atoms with Gasteiger partial charge >= 0.3 is 0 Å². The molecule has 0 spiro atoms. The molecule has 1 aliphatic heterocycles. The van der Waals surface area contributed by atoms with Crippen LogP contribution in [-0.2, 0) is 24.3 Å². The normalized spacial score (nSPS) is 14.2. The van der Waals surface area contributed by atoms with Gasteiger partial charge in [0.05, 0.1) is 13.1 Å². The summed E-state index contributed by atoms with van der Waals surface area (Å²) in [4.78, 5) is 13.4. The highest BCUT2D eigenvalue weighted by Gasteiger charge is 2.25. The molecule has 3 heterocycles. The van der Waals surface area contributed by atoms with E-state index in [4.69, 9.17) is 4.52 Å². The van der Waals surface area contributed by atoms with Crippen LogP contribution in [0.2, 0.25) is 0 Å². The molecule has 0 atom stereocenters. The number of amides is 1. The number of rotatable bonds is 3. The molecule has 6 heteroatoms. The van der Waals surface area contributed by atoms with Crippen molar-refractivity contribution in [2.24, 2.45) is 0 Å². The molecule has 3 rings (SSSR count). The van der Waals surface area contributed by atoms with Gasteiger partial charge in [0, 0.05) is 30.9 Å². The van der Waals surface area contributed by atoms with Crippen molar-refractivity contribution in [1.82, 2.24) is 19.8 Å². The Morgan fingerprint density at radius 2 is 2.47 bits per heavy atom. The number of carbonyl (C=O) groups is 1. The molecular weight excluding hydrogens is 244 g/mol. The Bertz CT molecular complexity index is 600. The van der Waals surface area contributed by atoms with Crippen LogP contribution >= 0.6 is 0 Å². The van der Waals surface area contributed by atoms with E-state index in [1.165, 1.54) is 6.08 Å². The van der Waals surface area contributed by atoms with Crippen LogP contribution in [0.3, 0.4) is 0 Å². The molecule has 19 heavy (non-hydrogen) atoms. The first-order chi connectivity index (χ1) is 9.28. The summed E-state index contributed by atoms with van der Waals surface area (Å²) in [6.45, 7) is 5.25. The fourth-order valence-electron chi connectivity index (χ4n) is 2.25. The van der Waals surface area contributed by atoms with Crippen molar-refractivity contribution in [3.05, 3.63) is 48.1 Å². The lowest BCUT2D eigenvalue weighted by Crippen LogP contribution is -2.34. The zero-order valence-electron chi connectivity index (χ0n) is 10.5. The molecule has 6 nitrogen and oxygen atoms in total. The molecule has 0 aromatic carbocycles. The van der Waals surface area contributed by atoms with Crippen LogP contribution in [0.1, 0.15) is 17.0 Å². The van der Waals surface area contributed by atoms with E-state index in [2.05, 4.69) is 16.8 Å². The van der Waals surface area contributed by atoms with Crippen LogP contribution in [-0.4, -0.2) is 32.3 Å². The van der Waals surface area contributed by atoms with Crippen molar-refractivity contribution in [1.29, 1.82) is 0 Å². The summed E-state index contributed by atoms with van der Waals surface area (Å²) in [5.74, 6) is 0.812. The van der Waals surface area contributed by atoms with Gasteiger partial charge in [-0.05, 0) is 12.1 Å². The van der Waals surface area contributed by atoms with E-state index in [9.17, 15) is 4.79 Å². The van der Waals surface area contributed by atoms with Gasteiger partial charge in [0.1, 0.15) is 11.5 Å². The largest absolute Gasteiger partial charge is 0.361 e. The number of hydrogen-bond donors (Lipinski definition) is 0. The quantitative estimate of drug-likeness (QED) is 0.770. The second-order valence-electron chi connectivity index (χ2n) is 4.45. The van der Waals surface area contributed by atoms with Gasteiger partial charge in [-0.3, -0.25) is 9.48 Å². The van der Waals surface area contributed by atoms with Crippen molar-refractivity contribution in [2.75, 3.05) is 6.54 Å². The number of nitrogens with zero attached hydrogens (tertiary/aromatic N) is 4. The van der Waals surface area contributed by atoms with E-state index < -0.39 is 0 Å². The van der Waals surface area contributed by atoms with Gasteiger partial charge in [-0.25, -0.2) is 0 Å². The highest BCUT2D eigenvalue weighted by Crippen LogP contribution is 2.23. The van der Waals surface area contributed by atoms with Crippen molar-refractivity contribution < 1.29 is 9.32 Å². The Morgan fingerprint density at radius 1 is 1.58 bits per heavy atom. The molecule has 0 radical (unpaired) electrons. The number of hydrogen-bond acceptors (Lipinski definition) is 4. The second-order valence-corrected chi connectivity index (χ2v) is 4.45. The third-order valence-electron chi connectivity index (χ3n) is 3.27. The van der Waals surface area contributed by atoms with E-state index in [1.807, 2.05) is 12.3 Å². The van der Waals surface area contributed by atoms with Gasteiger partial charge in [-0.1, -0.05) is 11.7 Å². The monoisotopic (exact) mass is 258 g/mol. The van der Waals surface area contributed by atoms with Gasteiger partial charge in [-0.2, -0.15) is 5.10 Å². The van der Waals surface area contributed by atoms with E-state index >= 15 is 0 Å². The summed E-state index contributed by atoms with van der Waals surface area (Å²) in [5, 5.41) is 8.24. The third-order valence-corrected chi connectivity index (χ3v) is 3.27. The van der Waals surface area contributed by atoms with Crippen LogP contribution < -0.4 is 0 Å². The molecule has 1 amide bonds. The van der Waals surface area contributed by atoms with E-state index in [-0.39, 0.29) is 5.91 Å². The highest BCUT2D eigenvalue weighted by atomic mass is 16.5. The van der Waals surface area contributed by atoms with Gasteiger partial charge in [0.15, 0.2) is 0 Å². The first-order valence-electron chi connectivity index (χ1n) is 6.13. The first-order valence-corrected chi connectivity index (χ1v) is 6.13. The zero-order valence-corrected chi connectivity index (χ0v) is 10.5. The van der Waals surface area contributed by atoms with E-state index in [0.29, 0.717) is 26.1 Å². The van der Waals surface area contributed by atoms with Crippen molar-refractivity contribution in [2.45, 2.75) is 19.5 Å². The summed E-state index contributed by atoms with van der Waals surface area (Å²) in [6, 6.07) is 1.86. The summed E-state index contributed by atoms with van der Waals surface area (Å²) in [5.41, 5.74) is 1.83. The topological polar surface area (TPSA) is 64.2 Å². The zero-order chi connectivity index (χ0) is 13.2. The number of carbonyl (C=O) groups excluding carboxylic acids is 1. The minimum atomic E-state index is -0.0584. The van der Waals surface area contributed by atoms with E-state index in [1.54, 1.807) is 15.8 Å². The molecule has 0 saturated heterocycles. The molecule has 0 bridgehead atoms. The number of fused-ring (bicyclic) bond motifs is 1. The molecule has 0 unspecified atom stereocenters. The molecule has 0 saturated carbocycles. The van der Waals surface area contributed by atoms with Crippen molar-refractivity contribution in [3.8, 4) is 0 Å². The Morgan fingerprint density at radius 3 is 3.21 bits per heavy atom. The lowest BCUT2D eigenvalue weighted by atomic mass is 10.1. The molecule has 1 aliphatic rings. The maximum atomic E-state index is 11.7. The van der Waals surface area contributed by atoms with Gasteiger partial charge in [0.2, 0.25) is 5.91 Å².